The lowest BCUT2D eigenvalue weighted by Gasteiger charge is -2.06. The highest BCUT2D eigenvalue weighted by Gasteiger charge is 2.06. The Morgan fingerprint density at radius 3 is 3.04 bits per heavy atom. The highest BCUT2D eigenvalue weighted by atomic mass is 35.5. The average molecular weight is 397 g/mol. The van der Waals surface area contributed by atoms with Crippen LogP contribution in [0.2, 0.25) is 10.0 Å². The molecule has 3 rings (SSSR count). The van der Waals surface area contributed by atoms with Gasteiger partial charge in [0.2, 0.25) is 5.16 Å². The molecule has 0 atom stereocenters. The molecule has 0 aliphatic rings. The van der Waals surface area contributed by atoms with E-state index < -0.39 is 0 Å². The molecule has 0 N–H and O–H groups in total. The average Bonchev–Trinajstić information content (AvgIpc) is 3.23. The van der Waals surface area contributed by atoms with Gasteiger partial charge in [-0.1, -0.05) is 41.9 Å². The van der Waals surface area contributed by atoms with Crippen LogP contribution in [0.5, 0.6) is 5.75 Å². The molecule has 0 amide bonds. The second-order valence-corrected chi connectivity index (χ2v) is 6.88. The molecule has 0 aliphatic carbocycles. The third-order valence-corrected chi connectivity index (χ3v) is 4.39. The number of hydrogen-bond donors (Lipinski definition) is 0. The van der Waals surface area contributed by atoms with Gasteiger partial charge < -0.3 is 9.15 Å². The van der Waals surface area contributed by atoms with Crippen molar-refractivity contribution in [1.82, 2.24) is 14.9 Å². The Balaban J connectivity index is 1.63. The van der Waals surface area contributed by atoms with Gasteiger partial charge in [-0.2, -0.15) is 9.78 Å². The molecule has 0 aliphatic heterocycles. The maximum atomic E-state index is 6.06. The molecule has 0 fully saturated rings. The molecule has 0 bridgehead atoms. The molecule has 3 aromatic rings. The summed E-state index contributed by atoms with van der Waals surface area (Å²) in [6, 6.07) is 8.67. The van der Waals surface area contributed by atoms with Crippen molar-refractivity contribution in [3.05, 3.63) is 58.2 Å². The number of nitrogens with zero attached hydrogens (tertiary/aromatic N) is 4. The molecular formula is C16H14Cl2N4O2S. The van der Waals surface area contributed by atoms with E-state index in [0.717, 1.165) is 10.9 Å². The van der Waals surface area contributed by atoms with Crippen LogP contribution in [0, 0.1) is 0 Å². The molecule has 9 heteroatoms. The molecule has 0 unspecified atom stereocenters. The summed E-state index contributed by atoms with van der Waals surface area (Å²) in [6.07, 6.45) is 3.14. The Bertz CT molecular complexity index is 879. The molecule has 0 saturated heterocycles. The topological polar surface area (TPSA) is 65.4 Å². The predicted molar refractivity (Wildman–Crippen MR) is 98.9 cm³/mol. The summed E-state index contributed by atoms with van der Waals surface area (Å²) in [5.74, 6) is 2.63. The Kier molecular flexibility index (Phi) is 6.01. The first-order valence-corrected chi connectivity index (χ1v) is 9.13. The number of benzene rings is 1. The predicted octanol–water partition coefficient (Wildman–Crippen LogP) is 4.75. The second-order valence-electron chi connectivity index (χ2n) is 4.80. The van der Waals surface area contributed by atoms with Crippen molar-refractivity contribution in [2.24, 2.45) is 5.10 Å². The van der Waals surface area contributed by atoms with Crippen LogP contribution in [-0.4, -0.2) is 26.8 Å². The normalized spacial score (nSPS) is 11.3. The molecule has 25 heavy (non-hydrogen) atoms. The first kappa shape index (κ1) is 17.8. The molecular weight excluding hydrogens is 383 g/mol. The molecule has 6 nitrogen and oxygen atoms in total. The number of rotatable bonds is 7. The van der Waals surface area contributed by atoms with Crippen LogP contribution in [0.4, 0.5) is 0 Å². The van der Waals surface area contributed by atoms with Gasteiger partial charge in [0.15, 0.2) is 0 Å². The fourth-order valence-corrected chi connectivity index (χ4v) is 2.84. The summed E-state index contributed by atoms with van der Waals surface area (Å²) >= 11 is 13.6. The highest BCUT2D eigenvalue weighted by Crippen LogP contribution is 2.28. The van der Waals surface area contributed by atoms with E-state index in [4.69, 9.17) is 32.4 Å². The number of ether oxygens (including phenoxy) is 1. The van der Waals surface area contributed by atoms with Crippen molar-refractivity contribution in [2.75, 3.05) is 5.75 Å². The van der Waals surface area contributed by atoms with Gasteiger partial charge in [0.25, 0.3) is 0 Å². The minimum absolute atomic E-state index is 0.234. The van der Waals surface area contributed by atoms with Crippen LogP contribution in [0.3, 0.4) is 0 Å². The Morgan fingerprint density at radius 1 is 1.32 bits per heavy atom. The smallest absolute Gasteiger partial charge is 0.211 e. The van der Waals surface area contributed by atoms with Gasteiger partial charge in [0.1, 0.15) is 30.2 Å². The number of halogens is 2. The van der Waals surface area contributed by atoms with E-state index in [1.807, 2.05) is 13.0 Å². The van der Waals surface area contributed by atoms with Crippen molar-refractivity contribution in [3.8, 4) is 5.75 Å². The third kappa shape index (κ3) is 4.78. The van der Waals surface area contributed by atoms with Crippen LogP contribution in [0.15, 0.2) is 51.3 Å². The van der Waals surface area contributed by atoms with Crippen LogP contribution >= 0.6 is 35.0 Å². The fraction of sp³-hybridized carbons (Fsp3) is 0.188. The maximum Gasteiger partial charge on any atom is 0.211 e. The van der Waals surface area contributed by atoms with E-state index >= 15 is 0 Å². The summed E-state index contributed by atoms with van der Waals surface area (Å²) in [5, 5.41) is 13.9. The molecule has 2 heterocycles. The molecule has 130 valence electrons. The van der Waals surface area contributed by atoms with E-state index in [2.05, 4.69) is 15.3 Å². The summed E-state index contributed by atoms with van der Waals surface area (Å²) in [4.78, 5) is 0. The summed E-state index contributed by atoms with van der Waals surface area (Å²) in [5.41, 5.74) is 0. The Morgan fingerprint density at radius 2 is 2.20 bits per heavy atom. The van der Waals surface area contributed by atoms with E-state index in [-0.39, 0.29) is 6.61 Å². The zero-order chi connectivity index (χ0) is 17.6. The molecule has 1 aromatic carbocycles. The Hall–Kier alpha value is -1.96. The van der Waals surface area contributed by atoms with Crippen LogP contribution < -0.4 is 4.74 Å². The van der Waals surface area contributed by atoms with Gasteiger partial charge >= 0.3 is 0 Å². The van der Waals surface area contributed by atoms with Crippen LogP contribution in [0.1, 0.15) is 18.4 Å². The monoisotopic (exact) mass is 396 g/mol. The van der Waals surface area contributed by atoms with Gasteiger partial charge in [-0.05, 0) is 30.0 Å². The lowest BCUT2D eigenvalue weighted by Crippen LogP contribution is -1.94. The zero-order valence-corrected chi connectivity index (χ0v) is 15.6. The van der Waals surface area contributed by atoms with E-state index in [0.29, 0.717) is 27.3 Å². The van der Waals surface area contributed by atoms with E-state index in [9.17, 15) is 0 Å². The number of hydrogen-bond acceptors (Lipinski definition) is 6. The summed E-state index contributed by atoms with van der Waals surface area (Å²) < 4.78 is 12.9. The number of furan rings is 1. The summed E-state index contributed by atoms with van der Waals surface area (Å²) in [6.45, 7) is 2.27. The minimum atomic E-state index is 0.234. The first-order chi connectivity index (χ1) is 12.2. The van der Waals surface area contributed by atoms with Gasteiger partial charge in [-0.3, -0.25) is 0 Å². The van der Waals surface area contributed by atoms with Gasteiger partial charge in [-0.25, -0.2) is 0 Å². The zero-order valence-electron chi connectivity index (χ0n) is 13.2. The molecule has 0 spiro atoms. The molecule has 0 saturated carbocycles. The lowest BCUT2D eigenvalue weighted by molar-refractivity contribution is 0.270. The van der Waals surface area contributed by atoms with E-state index in [1.165, 1.54) is 0 Å². The number of thioether (sulfide) groups is 1. The SMILES string of the molecule is CCSc1nncn1N=Cc1ccc(COc2cc(Cl)ccc2Cl)o1. The first-order valence-electron chi connectivity index (χ1n) is 7.39. The fourth-order valence-electron chi connectivity index (χ4n) is 1.92. The molecule has 0 radical (unpaired) electrons. The number of aromatic nitrogens is 3. The van der Waals surface area contributed by atoms with Gasteiger partial charge in [0, 0.05) is 11.1 Å². The lowest BCUT2D eigenvalue weighted by atomic mass is 10.3. The van der Waals surface area contributed by atoms with Gasteiger partial charge in [-0.15, -0.1) is 10.2 Å². The van der Waals surface area contributed by atoms with Crippen molar-refractivity contribution in [2.45, 2.75) is 18.7 Å². The van der Waals surface area contributed by atoms with Gasteiger partial charge in [0.05, 0.1) is 11.2 Å². The standard InChI is InChI=1S/C16H14Cl2N4O2S/c1-2-25-16-21-19-10-22(16)20-8-12-4-5-13(24-12)9-23-15-7-11(17)3-6-14(15)18/h3-8,10H,2,9H2,1H3. The van der Waals surface area contributed by atoms with Crippen molar-refractivity contribution in [3.63, 3.8) is 0 Å². The second kappa shape index (κ2) is 8.42. The highest BCUT2D eigenvalue weighted by molar-refractivity contribution is 7.99. The van der Waals surface area contributed by atoms with E-state index in [1.54, 1.807) is 53.2 Å². The quantitative estimate of drug-likeness (QED) is 0.425. The Labute approximate surface area is 158 Å². The van der Waals surface area contributed by atoms with Crippen molar-refractivity contribution in [1.29, 1.82) is 0 Å². The van der Waals surface area contributed by atoms with Crippen molar-refractivity contribution < 1.29 is 9.15 Å². The largest absolute Gasteiger partial charge is 0.484 e. The van der Waals surface area contributed by atoms with Crippen LogP contribution in [-0.2, 0) is 6.61 Å². The molecule has 2 aromatic heterocycles. The van der Waals surface area contributed by atoms with Crippen LogP contribution in [0.25, 0.3) is 0 Å². The minimum Gasteiger partial charge on any atom is -0.484 e. The van der Waals surface area contributed by atoms with Crippen molar-refractivity contribution >= 4 is 41.2 Å². The third-order valence-electron chi connectivity index (χ3n) is 3.03. The maximum absolute atomic E-state index is 6.06. The summed E-state index contributed by atoms with van der Waals surface area (Å²) in [7, 11) is 0.